The fourth-order valence-electron chi connectivity index (χ4n) is 2.26. The Labute approximate surface area is 132 Å². The summed E-state index contributed by atoms with van der Waals surface area (Å²) in [5, 5.41) is 0. The molecule has 0 aliphatic rings. The van der Waals surface area contributed by atoms with Gasteiger partial charge in [-0.2, -0.15) is 0 Å². The van der Waals surface area contributed by atoms with E-state index in [-0.39, 0.29) is 20.1 Å². The molecule has 2 aromatic heterocycles. The largest absolute Gasteiger partial charge is 0.411 e. The average molecular weight is 443 g/mol. The van der Waals surface area contributed by atoms with Crippen molar-refractivity contribution in [3.63, 3.8) is 0 Å². The standard InChI is InChI=1S/C16H16N3.Ir/c1-12(2)9-13-7-8-17-16(10-13)19-11-18-14-5-3-4-6-15(14)19;/h3-8,10,12H,9H2,1-2H3;/q-1;. The maximum atomic E-state index is 4.43. The predicted octanol–water partition coefficient (Wildman–Crippen LogP) is 3.42. The molecule has 2 heterocycles. The molecule has 0 saturated heterocycles. The molecule has 3 rings (SSSR count). The molecule has 0 spiro atoms. The van der Waals surface area contributed by atoms with Crippen molar-refractivity contribution in [2.75, 3.05) is 0 Å². The summed E-state index contributed by atoms with van der Waals surface area (Å²) in [6.45, 7) is 4.44. The Morgan fingerprint density at radius 3 is 2.80 bits per heavy atom. The van der Waals surface area contributed by atoms with Crippen LogP contribution in [0, 0.1) is 12.2 Å². The number of rotatable bonds is 3. The van der Waals surface area contributed by atoms with E-state index in [0.29, 0.717) is 5.92 Å². The fraction of sp³-hybridized carbons (Fsp3) is 0.250. The summed E-state index contributed by atoms with van der Waals surface area (Å²) in [5.41, 5.74) is 3.28. The summed E-state index contributed by atoms with van der Waals surface area (Å²) in [6, 6.07) is 12.2. The second-order valence-corrected chi connectivity index (χ2v) is 5.16. The Morgan fingerprint density at radius 2 is 2.00 bits per heavy atom. The number of imidazole rings is 1. The van der Waals surface area contributed by atoms with Crippen LogP contribution in [0.2, 0.25) is 0 Å². The zero-order valence-electron chi connectivity index (χ0n) is 11.5. The normalized spacial score (nSPS) is 10.8. The third-order valence-electron chi connectivity index (χ3n) is 3.08. The van der Waals surface area contributed by atoms with E-state index in [1.165, 1.54) is 5.56 Å². The molecule has 0 aliphatic heterocycles. The van der Waals surface area contributed by atoms with Gasteiger partial charge < -0.3 is 9.55 Å². The van der Waals surface area contributed by atoms with Crippen molar-refractivity contribution < 1.29 is 20.1 Å². The molecule has 3 nitrogen and oxygen atoms in total. The van der Waals surface area contributed by atoms with E-state index in [4.69, 9.17) is 0 Å². The molecule has 0 amide bonds. The first-order valence-corrected chi connectivity index (χ1v) is 6.54. The van der Waals surface area contributed by atoms with Gasteiger partial charge in [0.1, 0.15) is 0 Å². The van der Waals surface area contributed by atoms with Gasteiger partial charge in [0.05, 0.1) is 5.82 Å². The summed E-state index contributed by atoms with van der Waals surface area (Å²) in [5.74, 6) is 1.52. The van der Waals surface area contributed by atoms with Crippen molar-refractivity contribution in [3.8, 4) is 5.82 Å². The second kappa shape index (κ2) is 6.29. The van der Waals surface area contributed by atoms with Crippen molar-refractivity contribution in [1.82, 2.24) is 14.5 Å². The van der Waals surface area contributed by atoms with Gasteiger partial charge in [0.15, 0.2) is 0 Å². The molecule has 4 heteroatoms. The van der Waals surface area contributed by atoms with Crippen molar-refractivity contribution in [1.29, 1.82) is 0 Å². The zero-order valence-corrected chi connectivity index (χ0v) is 13.9. The van der Waals surface area contributed by atoms with Gasteiger partial charge in [-0.25, -0.2) is 0 Å². The minimum Gasteiger partial charge on any atom is -0.411 e. The van der Waals surface area contributed by atoms with Gasteiger partial charge in [-0.15, -0.1) is 0 Å². The minimum atomic E-state index is 0. The number of aromatic nitrogens is 3. The molecule has 3 aromatic rings. The molecule has 105 valence electrons. The van der Waals surface area contributed by atoms with Crippen molar-refractivity contribution in [2.24, 2.45) is 5.92 Å². The van der Waals surface area contributed by atoms with E-state index >= 15 is 0 Å². The first kappa shape index (κ1) is 14.9. The van der Waals surface area contributed by atoms with E-state index in [1.807, 2.05) is 35.0 Å². The van der Waals surface area contributed by atoms with Gasteiger partial charge >= 0.3 is 0 Å². The molecule has 0 bridgehead atoms. The van der Waals surface area contributed by atoms with Gasteiger partial charge in [-0.1, -0.05) is 55.3 Å². The topological polar surface area (TPSA) is 30.7 Å². The molecular weight excluding hydrogens is 426 g/mol. The smallest absolute Gasteiger partial charge is 0.0554 e. The van der Waals surface area contributed by atoms with E-state index in [0.717, 1.165) is 23.3 Å². The predicted molar refractivity (Wildman–Crippen MR) is 76.2 cm³/mol. The van der Waals surface area contributed by atoms with Gasteiger partial charge in [0.2, 0.25) is 0 Å². The second-order valence-electron chi connectivity index (χ2n) is 5.16. The van der Waals surface area contributed by atoms with Gasteiger partial charge in [-0.3, -0.25) is 4.98 Å². The quantitative estimate of drug-likeness (QED) is 0.582. The Hall–Kier alpha value is -1.51. The van der Waals surface area contributed by atoms with Crippen LogP contribution in [-0.2, 0) is 26.5 Å². The van der Waals surface area contributed by atoms with Crippen LogP contribution in [0.15, 0.2) is 42.6 Å². The van der Waals surface area contributed by atoms with Crippen LogP contribution >= 0.6 is 0 Å². The number of para-hydroxylation sites is 2. The maximum Gasteiger partial charge on any atom is 0.0554 e. The van der Waals surface area contributed by atoms with Crippen LogP contribution in [-0.4, -0.2) is 14.5 Å². The van der Waals surface area contributed by atoms with Crippen LogP contribution in [0.5, 0.6) is 0 Å². The summed E-state index contributed by atoms with van der Waals surface area (Å²) < 4.78 is 1.92. The van der Waals surface area contributed by atoms with Crippen molar-refractivity contribution >= 4 is 11.0 Å². The Bertz CT molecular complexity index is 704. The monoisotopic (exact) mass is 443 g/mol. The molecule has 1 aromatic carbocycles. The van der Waals surface area contributed by atoms with Crippen LogP contribution in [0.3, 0.4) is 0 Å². The van der Waals surface area contributed by atoms with Crippen LogP contribution in [0.25, 0.3) is 16.9 Å². The Kier molecular flexibility index (Phi) is 4.68. The van der Waals surface area contributed by atoms with Gasteiger partial charge in [0, 0.05) is 32.6 Å². The third kappa shape index (κ3) is 2.97. The number of pyridine rings is 1. The third-order valence-corrected chi connectivity index (χ3v) is 3.08. The SMILES string of the molecule is CC(C)Cc1ccnc(-n2[c-]nc3ccccc32)c1.[Ir]. The molecule has 0 saturated carbocycles. The first-order valence-electron chi connectivity index (χ1n) is 6.54. The number of fused-ring (bicyclic) bond motifs is 1. The minimum absolute atomic E-state index is 0. The number of benzene rings is 1. The molecule has 0 unspecified atom stereocenters. The summed E-state index contributed by atoms with van der Waals surface area (Å²) in [4.78, 5) is 8.71. The van der Waals surface area contributed by atoms with E-state index in [9.17, 15) is 0 Å². The molecule has 0 atom stereocenters. The maximum absolute atomic E-state index is 4.43. The van der Waals surface area contributed by atoms with E-state index in [2.05, 4.69) is 42.3 Å². The van der Waals surface area contributed by atoms with E-state index < -0.39 is 0 Å². The van der Waals surface area contributed by atoms with Crippen LogP contribution in [0.1, 0.15) is 19.4 Å². The molecule has 1 radical (unpaired) electrons. The van der Waals surface area contributed by atoms with Crippen molar-refractivity contribution in [2.45, 2.75) is 20.3 Å². The molecule has 0 N–H and O–H groups in total. The summed E-state index contributed by atoms with van der Waals surface area (Å²) >= 11 is 0. The zero-order chi connectivity index (χ0) is 13.2. The van der Waals surface area contributed by atoms with Crippen LogP contribution in [0.4, 0.5) is 0 Å². The van der Waals surface area contributed by atoms with Gasteiger partial charge in [-0.05, 0) is 23.9 Å². The molecule has 0 aliphatic carbocycles. The van der Waals surface area contributed by atoms with E-state index in [1.54, 1.807) is 0 Å². The Balaban J connectivity index is 0.00000147. The summed E-state index contributed by atoms with van der Waals surface area (Å²) in [6.07, 6.45) is 5.93. The molecule has 0 fully saturated rings. The average Bonchev–Trinajstić information content (AvgIpc) is 2.82. The Morgan fingerprint density at radius 1 is 1.20 bits per heavy atom. The van der Waals surface area contributed by atoms with Gasteiger partial charge in [0.25, 0.3) is 0 Å². The summed E-state index contributed by atoms with van der Waals surface area (Å²) in [7, 11) is 0. The molecule has 20 heavy (non-hydrogen) atoms. The van der Waals surface area contributed by atoms with Crippen LogP contribution < -0.4 is 0 Å². The number of hydrogen-bond donors (Lipinski definition) is 0. The van der Waals surface area contributed by atoms with Crippen molar-refractivity contribution in [3.05, 3.63) is 54.5 Å². The number of hydrogen-bond acceptors (Lipinski definition) is 2. The molecular formula is C16H16IrN3-. The fourth-order valence-corrected chi connectivity index (χ4v) is 2.26. The first-order chi connectivity index (χ1) is 9.24. The number of nitrogens with zero attached hydrogens (tertiary/aromatic N) is 3.